The predicted molar refractivity (Wildman–Crippen MR) is 71.2 cm³/mol. The fourth-order valence-corrected chi connectivity index (χ4v) is 2.55. The standard InChI is InChI=1S/C8H7NS.C4H5NS/c1-6-9-7-4-2-3-5-8(7)10-6;1-4-5-2-3-6-4/h2-5H,1H3;2-3H,1H3. The first-order valence-electron chi connectivity index (χ1n) is 4.94. The van der Waals surface area contributed by atoms with Crippen molar-refractivity contribution in [3.05, 3.63) is 45.9 Å². The minimum absolute atomic E-state index is 1.12. The molecule has 0 N–H and O–H groups in total. The second kappa shape index (κ2) is 5.18. The molecule has 0 saturated carbocycles. The Morgan fingerprint density at radius 1 is 1.06 bits per heavy atom. The molecule has 0 amide bonds. The summed E-state index contributed by atoms with van der Waals surface area (Å²) in [4.78, 5) is 8.27. The predicted octanol–water partition coefficient (Wildman–Crippen LogP) is 4.06. The summed E-state index contributed by atoms with van der Waals surface area (Å²) >= 11 is 3.41. The molecule has 0 bridgehead atoms. The molecule has 3 aromatic rings. The summed E-state index contributed by atoms with van der Waals surface area (Å²) in [6, 6.07) is 8.19. The lowest BCUT2D eigenvalue weighted by Gasteiger charge is -1.80. The van der Waals surface area contributed by atoms with Crippen molar-refractivity contribution >= 4 is 32.9 Å². The molecule has 0 unspecified atom stereocenters. The highest BCUT2D eigenvalue weighted by atomic mass is 32.1. The number of para-hydroxylation sites is 1. The summed E-state index contributed by atoms with van der Waals surface area (Å²) in [6.45, 7) is 4.02. The molecule has 0 aliphatic rings. The second-order valence-corrected chi connectivity index (χ2v) is 5.59. The molecule has 0 aliphatic carbocycles. The Hall–Kier alpha value is -1.26. The third-order valence-electron chi connectivity index (χ3n) is 1.96. The van der Waals surface area contributed by atoms with Gasteiger partial charge < -0.3 is 0 Å². The maximum Gasteiger partial charge on any atom is 0.0907 e. The summed E-state index contributed by atoms with van der Waals surface area (Å²) in [6.07, 6.45) is 1.81. The Morgan fingerprint density at radius 2 is 1.88 bits per heavy atom. The third kappa shape index (κ3) is 2.87. The first-order chi connectivity index (χ1) is 7.75. The van der Waals surface area contributed by atoms with Crippen LogP contribution >= 0.6 is 22.7 Å². The van der Waals surface area contributed by atoms with Gasteiger partial charge in [-0.3, -0.25) is 4.98 Å². The van der Waals surface area contributed by atoms with E-state index in [1.807, 2.05) is 37.4 Å². The van der Waals surface area contributed by atoms with Crippen LogP contribution in [0, 0.1) is 13.8 Å². The van der Waals surface area contributed by atoms with Crippen LogP contribution in [0.4, 0.5) is 0 Å². The van der Waals surface area contributed by atoms with Crippen LogP contribution in [0.1, 0.15) is 10.0 Å². The molecule has 1 aromatic carbocycles. The van der Waals surface area contributed by atoms with Crippen molar-refractivity contribution < 1.29 is 0 Å². The highest BCUT2D eigenvalue weighted by molar-refractivity contribution is 7.18. The lowest BCUT2D eigenvalue weighted by Crippen LogP contribution is -1.65. The molecule has 0 radical (unpaired) electrons. The van der Waals surface area contributed by atoms with Crippen LogP contribution in [0.5, 0.6) is 0 Å². The fraction of sp³-hybridized carbons (Fsp3) is 0.167. The molecule has 0 fully saturated rings. The number of hydrogen-bond donors (Lipinski definition) is 0. The van der Waals surface area contributed by atoms with Gasteiger partial charge in [-0.05, 0) is 26.0 Å². The summed E-state index contributed by atoms with van der Waals surface area (Å²) in [5.74, 6) is 0. The van der Waals surface area contributed by atoms with Crippen molar-refractivity contribution in [1.82, 2.24) is 9.97 Å². The van der Waals surface area contributed by atoms with Crippen molar-refractivity contribution in [2.24, 2.45) is 0 Å². The molecular formula is C12H12N2S2. The number of fused-ring (bicyclic) bond motifs is 1. The molecule has 2 heterocycles. The molecule has 0 spiro atoms. The van der Waals surface area contributed by atoms with E-state index >= 15 is 0 Å². The molecule has 0 atom stereocenters. The largest absolute Gasteiger partial charge is 0.250 e. The monoisotopic (exact) mass is 248 g/mol. The highest BCUT2D eigenvalue weighted by Gasteiger charge is 1.95. The zero-order chi connectivity index (χ0) is 11.4. The minimum atomic E-state index is 1.12. The number of thiazole rings is 2. The van der Waals surface area contributed by atoms with E-state index in [0.717, 1.165) is 15.5 Å². The van der Waals surface area contributed by atoms with Crippen LogP contribution in [-0.2, 0) is 0 Å². The van der Waals surface area contributed by atoms with E-state index in [-0.39, 0.29) is 0 Å². The lowest BCUT2D eigenvalue weighted by atomic mass is 10.3. The summed E-state index contributed by atoms with van der Waals surface area (Å²) in [7, 11) is 0. The summed E-state index contributed by atoms with van der Waals surface area (Å²) in [5, 5.41) is 4.24. The Bertz CT molecular complexity index is 522. The average molecular weight is 248 g/mol. The molecule has 2 nitrogen and oxygen atoms in total. The average Bonchev–Trinajstić information content (AvgIpc) is 2.86. The van der Waals surface area contributed by atoms with Gasteiger partial charge in [0.2, 0.25) is 0 Å². The van der Waals surface area contributed by atoms with E-state index in [2.05, 4.69) is 16.0 Å². The van der Waals surface area contributed by atoms with Gasteiger partial charge in [-0.25, -0.2) is 4.98 Å². The Kier molecular flexibility index (Phi) is 3.64. The van der Waals surface area contributed by atoms with E-state index < -0.39 is 0 Å². The van der Waals surface area contributed by atoms with Crippen LogP contribution in [-0.4, -0.2) is 9.97 Å². The zero-order valence-electron chi connectivity index (χ0n) is 9.18. The van der Waals surface area contributed by atoms with Gasteiger partial charge in [0.25, 0.3) is 0 Å². The first kappa shape index (κ1) is 11.2. The van der Waals surface area contributed by atoms with Crippen molar-refractivity contribution in [3.8, 4) is 0 Å². The van der Waals surface area contributed by atoms with E-state index in [4.69, 9.17) is 0 Å². The normalized spacial score (nSPS) is 9.88. The number of aryl methyl sites for hydroxylation is 2. The fourth-order valence-electron chi connectivity index (χ4n) is 1.28. The molecular weight excluding hydrogens is 236 g/mol. The van der Waals surface area contributed by atoms with E-state index in [1.165, 1.54) is 4.70 Å². The Morgan fingerprint density at radius 3 is 2.44 bits per heavy atom. The molecule has 2 aromatic heterocycles. The van der Waals surface area contributed by atoms with Gasteiger partial charge in [0.1, 0.15) is 0 Å². The number of benzene rings is 1. The van der Waals surface area contributed by atoms with E-state index in [0.29, 0.717) is 0 Å². The minimum Gasteiger partial charge on any atom is -0.250 e. The second-order valence-electron chi connectivity index (χ2n) is 3.25. The van der Waals surface area contributed by atoms with Crippen molar-refractivity contribution in [3.63, 3.8) is 0 Å². The van der Waals surface area contributed by atoms with Crippen molar-refractivity contribution in [1.29, 1.82) is 0 Å². The maximum absolute atomic E-state index is 4.33. The Labute approximate surface area is 103 Å². The van der Waals surface area contributed by atoms with Gasteiger partial charge in [0.15, 0.2) is 0 Å². The first-order valence-corrected chi connectivity index (χ1v) is 6.63. The molecule has 3 rings (SSSR count). The number of hydrogen-bond acceptors (Lipinski definition) is 4. The topological polar surface area (TPSA) is 25.8 Å². The lowest BCUT2D eigenvalue weighted by molar-refractivity contribution is 1.30. The van der Waals surface area contributed by atoms with Gasteiger partial charge in [0, 0.05) is 11.6 Å². The number of rotatable bonds is 0. The quantitative estimate of drug-likeness (QED) is 0.599. The van der Waals surface area contributed by atoms with Gasteiger partial charge in [0.05, 0.1) is 20.2 Å². The van der Waals surface area contributed by atoms with E-state index in [9.17, 15) is 0 Å². The molecule has 0 aliphatic heterocycles. The maximum atomic E-state index is 4.33. The van der Waals surface area contributed by atoms with Crippen molar-refractivity contribution in [2.75, 3.05) is 0 Å². The van der Waals surface area contributed by atoms with E-state index in [1.54, 1.807) is 28.9 Å². The third-order valence-corrected chi connectivity index (χ3v) is 3.61. The smallest absolute Gasteiger partial charge is 0.0907 e. The summed E-state index contributed by atoms with van der Waals surface area (Å²) in [5.41, 5.74) is 1.12. The Balaban J connectivity index is 0.000000138. The number of aromatic nitrogens is 2. The van der Waals surface area contributed by atoms with Gasteiger partial charge >= 0.3 is 0 Å². The van der Waals surface area contributed by atoms with Crippen molar-refractivity contribution in [2.45, 2.75) is 13.8 Å². The van der Waals surface area contributed by atoms with Crippen LogP contribution in [0.15, 0.2) is 35.8 Å². The van der Waals surface area contributed by atoms with Gasteiger partial charge in [-0.1, -0.05) is 12.1 Å². The SMILES string of the molecule is Cc1nc2ccccc2s1.Cc1nccs1. The highest BCUT2D eigenvalue weighted by Crippen LogP contribution is 2.19. The van der Waals surface area contributed by atoms with Crippen LogP contribution in [0.2, 0.25) is 0 Å². The van der Waals surface area contributed by atoms with Gasteiger partial charge in [-0.2, -0.15) is 0 Å². The molecule has 82 valence electrons. The van der Waals surface area contributed by atoms with Crippen LogP contribution in [0.25, 0.3) is 10.2 Å². The number of nitrogens with zero attached hydrogens (tertiary/aromatic N) is 2. The molecule has 4 heteroatoms. The zero-order valence-corrected chi connectivity index (χ0v) is 10.8. The molecule has 0 saturated heterocycles. The van der Waals surface area contributed by atoms with Gasteiger partial charge in [-0.15, -0.1) is 22.7 Å². The molecule has 16 heavy (non-hydrogen) atoms. The van der Waals surface area contributed by atoms with Crippen LogP contribution in [0.3, 0.4) is 0 Å². The van der Waals surface area contributed by atoms with Crippen LogP contribution < -0.4 is 0 Å². The summed E-state index contributed by atoms with van der Waals surface area (Å²) < 4.78 is 1.28.